The van der Waals surface area contributed by atoms with E-state index in [1.54, 1.807) is 12.1 Å². The van der Waals surface area contributed by atoms with E-state index in [0.717, 1.165) is 43.4 Å². The quantitative estimate of drug-likeness (QED) is 0.751. The first kappa shape index (κ1) is 20.6. The average molecular weight is 426 g/mol. The van der Waals surface area contributed by atoms with Crippen molar-refractivity contribution >= 4 is 45.8 Å². The molecule has 2 rings (SSSR count). The molecule has 0 atom stereocenters. The third-order valence-electron chi connectivity index (χ3n) is 3.78. The predicted molar refractivity (Wildman–Crippen MR) is 99.8 cm³/mol. The Morgan fingerprint density at radius 3 is 2.74 bits per heavy atom. The van der Waals surface area contributed by atoms with Crippen LogP contribution in [0.15, 0.2) is 22.7 Å². The molecule has 1 aromatic carbocycles. The van der Waals surface area contributed by atoms with E-state index in [1.807, 2.05) is 11.0 Å². The normalized spacial score (nSPS) is 14.9. The number of hydrogen-bond acceptors (Lipinski definition) is 3. The van der Waals surface area contributed by atoms with Crippen LogP contribution in [0.25, 0.3) is 0 Å². The number of amides is 1. The molecule has 0 saturated carbocycles. The zero-order chi connectivity index (χ0) is 15.9. The number of carbonyl (C=O) groups excluding carboxylic acids is 1. The molecule has 0 bridgehead atoms. The van der Waals surface area contributed by atoms with Gasteiger partial charge in [-0.2, -0.15) is 0 Å². The Balaban J connectivity index is 0.00000264. The molecule has 23 heavy (non-hydrogen) atoms. The molecule has 1 aromatic rings. The lowest BCUT2D eigenvalue weighted by Crippen LogP contribution is -2.48. The molecule has 0 radical (unpaired) electrons. The molecule has 1 amide bonds. The molecule has 0 spiro atoms. The van der Waals surface area contributed by atoms with Crippen LogP contribution < -0.4 is 10.1 Å². The summed E-state index contributed by atoms with van der Waals surface area (Å²) in [6.07, 6.45) is 2.96. The molecular weight excluding hydrogens is 403 g/mol. The second-order valence-electron chi connectivity index (χ2n) is 5.43. The number of halogens is 3. The van der Waals surface area contributed by atoms with E-state index in [9.17, 15) is 4.79 Å². The SMILES string of the molecule is CCCN(C(=O)COc1ccc(Br)cc1Cl)C1CCNCC1.Cl. The summed E-state index contributed by atoms with van der Waals surface area (Å²) in [4.78, 5) is 14.5. The molecule has 130 valence electrons. The molecule has 1 fully saturated rings. The van der Waals surface area contributed by atoms with Gasteiger partial charge in [-0.05, 0) is 50.6 Å². The van der Waals surface area contributed by atoms with Crippen LogP contribution in [0.4, 0.5) is 0 Å². The summed E-state index contributed by atoms with van der Waals surface area (Å²) in [5.74, 6) is 0.577. The topological polar surface area (TPSA) is 41.6 Å². The number of carbonyl (C=O) groups is 1. The first-order valence-corrected chi connectivity index (χ1v) is 8.87. The Morgan fingerprint density at radius 2 is 2.13 bits per heavy atom. The zero-order valence-corrected chi connectivity index (χ0v) is 16.3. The third-order valence-corrected chi connectivity index (χ3v) is 4.57. The molecule has 1 aliphatic heterocycles. The van der Waals surface area contributed by atoms with Crippen molar-refractivity contribution in [1.29, 1.82) is 0 Å². The number of ether oxygens (including phenoxy) is 1. The number of hydrogen-bond donors (Lipinski definition) is 1. The van der Waals surface area contributed by atoms with E-state index in [2.05, 4.69) is 28.2 Å². The van der Waals surface area contributed by atoms with Gasteiger partial charge < -0.3 is 15.0 Å². The standard InChI is InChI=1S/C16H22BrClN2O2.ClH/c1-2-9-20(13-5-7-19-8-6-13)16(21)11-22-15-4-3-12(17)10-14(15)18;/h3-4,10,13,19H,2,5-9,11H2,1H3;1H. The first-order chi connectivity index (χ1) is 10.6. The highest BCUT2D eigenvalue weighted by atomic mass is 79.9. The maximum Gasteiger partial charge on any atom is 0.260 e. The van der Waals surface area contributed by atoms with Gasteiger partial charge in [0.2, 0.25) is 0 Å². The Bertz CT molecular complexity index is 511. The van der Waals surface area contributed by atoms with E-state index >= 15 is 0 Å². The molecule has 0 aromatic heterocycles. The van der Waals surface area contributed by atoms with Crippen molar-refractivity contribution in [2.75, 3.05) is 26.2 Å². The lowest BCUT2D eigenvalue weighted by atomic mass is 10.0. The van der Waals surface area contributed by atoms with Gasteiger partial charge in [-0.1, -0.05) is 34.5 Å². The van der Waals surface area contributed by atoms with E-state index < -0.39 is 0 Å². The minimum absolute atomic E-state index is 0. The summed E-state index contributed by atoms with van der Waals surface area (Å²) in [5.41, 5.74) is 0. The Kier molecular flexibility index (Phi) is 9.29. The highest BCUT2D eigenvalue weighted by molar-refractivity contribution is 9.10. The van der Waals surface area contributed by atoms with E-state index in [0.29, 0.717) is 16.8 Å². The zero-order valence-electron chi connectivity index (χ0n) is 13.2. The molecule has 1 aliphatic rings. The van der Waals surface area contributed by atoms with Gasteiger partial charge in [-0.25, -0.2) is 0 Å². The summed E-state index contributed by atoms with van der Waals surface area (Å²) in [6, 6.07) is 5.70. The van der Waals surface area contributed by atoms with Crippen LogP contribution in [0.5, 0.6) is 5.75 Å². The van der Waals surface area contributed by atoms with E-state index in [1.165, 1.54) is 0 Å². The van der Waals surface area contributed by atoms with Crippen molar-refractivity contribution < 1.29 is 9.53 Å². The van der Waals surface area contributed by atoms with Crippen LogP contribution >= 0.6 is 39.9 Å². The fraction of sp³-hybridized carbons (Fsp3) is 0.562. The third kappa shape index (κ3) is 6.14. The van der Waals surface area contributed by atoms with Crippen molar-refractivity contribution in [3.63, 3.8) is 0 Å². The molecule has 7 heteroatoms. The molecule has 1 heterocycles. The van der Waals surface area contributed by atoms with E-state index in [-0.39, 0.29) is 24.9 Å². The summed E-state index contributed by atoms with van der Waals surface area (Å²) in [6.45, 7) is 4.84. The van der Waals surface area contributed by atoms with Gasteiger partial charge in [0.05, 0.1) is 5.02 Å². The highest BCUT2D eigenvalue weighted by Crippen LogP contribution is 2.27. The number of nitrogens with one attached hydrogen (secondary N) is 1. The van der Waals surface area contributed by atoms with Crippen molar-refractivity contribution in [1.82, 2.24) is 10.2 Å². The minimum Gasteiger partial charge on any atom is -0.482 e. The van der Waals surface area contributed by atoms with Gasteiger partial charge in [0.15, 0.2) is 6.61 Å². The van der Waals surface area contributed by atoms with Crippen molar-refractivity contribution in [2.45, 2.75) is 32.2 Å². The van der Waals surface area contributed by atoms with Gasteiger partial charge in [-0.15, -0.1) is 12.4 Å². The monoisotopic (exact) mass is 424 g/mol. The number of nitrogens with zero attached hydrogens (tertiary/aromatic N) is 1. The van der Waals surface area contributed by atoms with Gasteiger partial charge in [0, 0.05) is 17.1 Å². The molecule has 1 saturated heterocycles. The van der Waals surface area contributed by atoms with Gasteiger partial charge >= 0.3 is 0 Å². The minimum atomic E-state index is 0. The molecule has 0 aliphatic carbocycles. The molecule has 1 N–H and O–H groups in total. The van der Waals surface area contributed by atoms with E-state index in [4.69, 9.17) is 16.3 Å². The van der Waals surface area contributed by atoms with Gasteiger partial charge in [-0.3, -0.25) is 4.79 Å². The Morgan fingerprint density at radius 1 is 1.43 bits per heavy atom. The molecular formula is C16H23BrCl2N2O2. The Labute approximate surface area is 157 Å². The second-order valence-corrected chi connectivity index (χ2v) is 6.75. The fourth-order valence-corrected chi connectivity index (χ4v) is 3.41. The maximum atomic E-state index is 12.5. The number of rotatable bonds is 6. The van der Waals surface area contributed by atoms with Crippen LogP contribution in [-0.2, 0) is 4.79 Å². The van der Waals surface area contributed by atoms with Crippen LogP contribution in [0.2, 0.25) is 5.02 Å². The summed E-state index contributed by atoms with van der Waals surface area (Å²) < 4.78 is 6.50. The number of benzene rings is 1. The predicted octanol–water partition coefficient (Wildman–Crippen LogP) is 3.89. The van der Waals surface area contributed by atoms with Gasteiger partial charge in [0.25, 0.3) is 5.91 Å². The first-order valence-electron chi connectivity index (χ1n) is 7.70. The smallest absolute Gasteiger partial charge is 0.260 e. The van der Waals surface area contributed by atoms with Crippen molar-refractivity contribution in [2.24, 2.45) is 0 Å². The van der Waals surface area contributed by atoms with Crippen molar-refractivity contribution in [3.8, 4) is 5.75 Å². The molecule has 4 nitrogen and oxygen atoms in total. The summed E-state index contributed by atoms with van der Waals surface area (Å²) in [5, 5.41) is 3.84. The average Bonchev–Trinajstić information content (AvgIpc) is 2.52. The fourth-order valence-electron chi connectivity index (χ4n) is 2.68. The van der Waals surface area contributed by atoms with Crippen molar-refractivity contribution in [3.05, 3.63) is 27.7 Å². The largest absolute Gasteiger partial charge is 0.482 e. The van der Waals surface area contributed by atoms with Crippen LogP contribution in [0.3, 0.4) is 0 Å². The summed E-state index contributed by atoms with van der Waals surface area (Å²) in [7, 11) is 0. The lowest BCUT2D eigenvalue weighted by molar-refractivity contribution is -0.136. The number of piperidine rings is 1. The van der Waals surface area contributed by atoms with Crippen LogP contribution in [0, 0.1) is 0 Å². The van der Waals surface area contributed by atoms with Gasteiger partial charge in [0.1, 0.15) is 5.75 Å². The second kappa shape index (κ2) is 10.4. The molecule has 0 unspecified atom stereocenters. The van der Waals surface area contributed by atoms with Crippen LogP contribution in [-0.4, -0.2) is 43.1 Å². The van der Waals surface area contributed by atoms with Crippen LogP contribution in [0.1, 0.15) is 26.2 Å². The maximum absolute atomic E-state index is 12.5. The highest BCUT2D eigenvalue weighted by Gasteiger charge is 2.24. The Hall–Kier alpha value is -0.490. The lowest BCUT2D eigenvalue weighted by Gasteiger charge is -2.34. The summed E-state index contributed by atoms with van der Waals surface area (Å²) >= 11 is 9.47.